The van der Waals surface area contributed by atoms with Crippen LogP contribution in [0.5, 0.6) is 0 Å². The number of piperidine rings is 1. The Labute approximate surface area is 274 Å². The fourth-order valence-corrected chi connectivity index (χ4v) is 7.45. The number of ether oxygens (including phenoxy) is 2. The highest BCUT2D eigenvalue weighted by Gasteiger charge is 2.33. The number of methoxy groups -OCH3 is 2. The smallest absolute Gasteiger partial charge is 0.201 e. The molecule has 0 amide bonds. The molecule has 250 valence electrons. The molecule has 2 aliphatic rings. The molecule has 47 heavy (non-hydrogen) atoms. The molecule has 14 heteroatoms. The van der Waals surface area contributed by atoms with Crippen LogP contribution in [0.3, 0.4) is 0 Å². The van der Waals surface area contributed by atoms with Crippen molar-refractivity contribution in [2.45, 2.75) is 31.7 Å². The number of ketones is 1. The Morgan fingerprint density at radius 2 is 1.83 bits per heavy atom. The Morgan fingerprint density at radius 1 is 1.06 bits per heavy atom. The van der Waals surface area contributed by atoms with Crippen molar-refractivity contribution in [3.63, 3.8) is 0 Å². The lowest BCUT2D eigenvalue weighted by molar-refractivity contribution is -0.141. The van der Waals surface area contributed by atoms with Crippen molar-refractivity contribution >= 4 is 45.4 Å². The number of aromatic nitrogens is 2. The van der Waals surface area contributed by atoms with Gasteiger partial charge in [-0.05, 0) is 55.2 Å². The molecule has 2 atom stereocenters. The van der Waals surface area contributed by atoms with Crippen molar-refractivity contribution in [2.24, 2.45) is 5.92 Å². The average molecular weight is 671 g/mol. The number of carbonyl (C=O) groups excluding carboxylic acids is 1. The van der Waals surface area contributed by atoms with Gasteiger partial charge >= 0.3 is 0 Å². The van der Waals surface area contributed by atoms with E-state index in [-0.39, 0.29) is 37.1 Å². The molecule has 0 radical (unpaired) electrons. The predicted octanol–water partition coefficient (Wildman–Crippen LogP) is 5.65. The maximum absolute atomic E-state index is 15.6. The van der Waals surface area contributed by atoms with E-state index in [1.54, 1.807) is 26.5 Å². The first-order chi connectivity index (χ1) is 22.7. The van der Waals surface area contributed by atoms with Crippen molar-refractivity contribution < 1.29 is 32.0 Å². The van der Waals surface area contributed by atoms with Gasteiger partial charge in [-0.1, -0.05) is 6.07 Å². The number of anilines is 3. The summed E-state index contributed by atoms with van der Waals surface area (Å²) in [6.45, 7) is 1.85. The zero-order valence-corrected chi connectivity index (χ0v) is 27.1. The van der Waals surface area contributed by atoms with E-state index in [0.717, 1.165) is 55.0 Å². The lowest BCUT2D eigenvalue weighted by Crippen LogP contribution is -2.39. The fraction of sp³-hybridized carbons (Fsp3) is 0.394. The van der Waals surface area contributed by atoms with Gasteiger partial charge in [0.25, 0.3) is 0 Å². The number of carbonyl (C=O) groups is 1. The zero-order valence-electron chi connectivity index (χ0n) is 26.3. The van der Waals surface area contributed by atoms with E-state index >= 15 is 8.78 Å². The van der Waals surface area contributed by atoms with Crippen LogP contribution in [-0.2, 0) is 21.0 Å². The minimum Gasteiger partial charge on any atom is -0.573 e. The van der Waals surface area contributed by atoms with Crippen molar-refractivity contribution in [1.82, 2.24) is 14.3 Å². The van der Waals surface area contributed by atoms with E-state index in [4.69, 9.17) is 9.47 Å². The van der Waals surface area contributed by atoms with E-state index in [1.807, 2.05) is 25.2 Å². The van der Waals surface area contributed by atoms with Crippen LogP contribution in [0.1, 0.15) is 35.2 Å². The quantitative estimate of drug-likeness (QED) is 0.106. The largest absolute Gasteiger partial charge is 0.573 e. The van der Waals surface area contributed by atoms with Gasteiger partial charge in [0, 0.05) is 75.7 Å². The molecule has 0 bridgehead atoms. The highest BCUT2D eigenvalue weighted by atomic mass is 32.2. The first kappa shape index (κ1) is 33.1. The highest BCUT2D eigenvalue weighted by Crippen LogP contribution is 2.36. The van der Waals surface area contributed by atoms with Gasteiger partial charge in [0.1, 0.15) is 23.3 Å². The number of nitrogens with zero attached hydrogens (tertiary/aromatic N) is 3. The lowest BCUT2D eigenvalue weighted by atomic mass is 9.95. The molecule has 2 unspecified atom stereocenters. The molecule has 2 aromatic heterocycles. The molecule has 0 saturated carbocycles. The number of nitrogens with one attached hydrogen (secondary N) is 3. The highest BCUT2D eigenvalue weighted by molar-refractivity contribution is 7.90. The molecule has 2 aliphatic heterocycles. The number of hydrogen-bond donors (Lipinski definition) is 3. The fourth-order valence-electron chi connectivity index (χ4n) is 6.41. The first-order valence-electron chi connectivity index (χ1n) is 15.4. The summed E-state index contributed by atoms with van der Waals surface area (Å²) < 4.78 is 71.6. The minimum atomic E-state index is -1.96. The first-order valence-corrected chi connectivity index (χ1v) is 16.5. The van der Waals surface area contributed by atoms with Gasteiger partial charge in [-0.25, -0.2) is 18.2 Å². The average Bonchev–Trinajstić information content (AvgIpc) is 3.72. The molecular formula is C33H37F3N6O4S. The van der Waals surface area contributed by atoms with Crippen LogP contribution in [0.2, 0.25) is 0 Å². The number of alkyl halides is 1. The van der Waals surface area contributed by atoms with E-state index in [0.29, 0.717) is 22.5 Å². The third-order valence-electron chi connectivity index (χ3n) is 8.95. The summed E-state index contributed by atoms with van der Waals surface area (Å²) >= 11 is -1.96. The van der Waals surface area contributed by atoms with Crippen LogP contribution in [0.25, 0.3) is 22.2 Å². The number of rotatable bonds is 11. The number of fused-ring (bicyclic) bond motifs is 1. The molecule has 0 spiro atoms. The van der Waals surface area contributed by atoms with Crippen LogP contribution in [0.15, 0.2) is 48.8 Å². The molecule has 2 fully saturated rings. The summed E-state index contributed by atoms with van der Waals surface area (Å²) in [4.78, 5) is 23.4. The molecule has 4 heterocycles. The second-order valence-corrected chi connectivity index (χ2v) is 12.9. The second-order valence-electron chi connectivity index (χ2n) is 11.7. The van der Waals surface area contributed by atoms with Crippen molar-refractivity contribution in [1.29, 1.82) is 0 Å². The number of halogens is 3. The third kappa shape index (κ3) is 6.65. The number of aromatic amines is 1. The summed E-state index contributed by atoms with van der Waals surface area (Å²) in [6, 6.07) is 9.79. The van der Waals surface area contributed by atoms with Crippen LogP contribution in [0, 0.1) is 17.6 Å². The van der Waals surface area contributed by atoms with Crippen molar-refractivity contribution in [3.05, 3.63) is 71.6 Å². The van der Waals surface area contributed by atoms with E-state index in [1.165, 1.54) is 10.5 Å². The summed E-state index contributed by atoms with van der Waals surface area (Å²) in [5, 5.41) is 3.68. The molecule has 3 N–H and O–H groups in total. The maximum atomic E-state index is 15.6. The molecule has 6 rings (SSSR count). The van der Waals surface area contributed by atoms with E-state index in [9.17, 15) is 13.7 Å². The third-order valence-corrected chi connectivity index (χ3v) is 10.1. The zero-order chi connectivity index (χ0) is 33.2. The number of pyridine rings is 1. The monoisotopic (exact) mass is 670 g/mol. The van der Waals surface area contributed by atoms with Crippen LogP contribution in [-0.4, -0.2) is 84.5 Å². The van der Waals surface area contributed by atoms with Crippen LogP contribution < -0.4 is 14.9 Å². The Bertz CT molecular complexity index is 1750. The van der Waals surface area contributed by atoms with Gasteiger partial charge in [0.05, 0.1) is 23.5 Å². The van der Waals surface area contributed by atoms with Crippen molar-refractivity contribution in [3.8, 4) is 11.1 Å². The number of benzene rings is 2. The second kappa shape index (κ2) is 14.1. The van der Waals surface area contributed by atoms with Gasteiger partial charge in [-0.15, -0.1) is 4.31 Å². The Hall–Kier alpha value is -3.82. The van der Waals surface area contributed by atoms with E-state index < -0.39 is 40.7 Å². The Balaban J connectivity index is 1.25. The van der Waals surface area contributed by atoms with Gasteiger partial charge < -0.3 is 29.2 Å². The standard InChI is InChI=1S/C33H37F3N6O4S/c1-37-27-15-20(4-7-28(27)41-11-8-19(9-12-41)33(45-2)46-3)21-14-23-24(17-39-32(23)38-16-21)31(43)29-25(35)5-6-26(30(29)36)40-47(44)42-13-10-22(34)18-42/h4-7,14-17,19,22,33,37,40H,8-13,18H2,1-3H3,(H,38,39). The summed E-state index contributed by atoms with van der Waals surface area (Å²) in [5.74, 6) is -2.83. The SMILES string of the molecule is CNc1cc(-c2cnc3[nH]cc(C(=O)c4c(F)ccc(N[S+]([O-])N5CCC(F)C5)c4F)c3c2)ccc1N1CCC(C(OC)OC)CC1. The molecule has 2 saturated heterocycles. The minimum absolute atomic E-state index is 0.0315. The van der Waals surface area contributed by atoms with E-state index in [2.05, 4.69) is 24.9 Å². The maximum Gasteiger partial charge on any atom is 0.201 e. The molecule has 4 aromatic rings. The summed E-state index contributed by atoms with van der Waals surface area (Å²) in [7, 11) is 5.18. The number of H-pyrrole nitrogens is 1. The molecular weight excluding hydrogens is 633 g/mol. The van der Waals surface area contributed by atoms with Crippen LogP contribution >= 0.6 is 0 Å². The Kier molecular flexibility index (Phi) is 9.94. The normalized spacial score (nSPS) is 18.3. The topological polar surface area (TPSA) is 118 Å². The molecule has 0 aliphatic carbocycles. The predicted molar refractivity (Wildman–Crippen MR) is 176 cm³/mol. The van der Waals surface area contributed by atoms with Gasteiger partial charge in [0.2, 0.25) is 5.78 Å². The molecule has 2 aromatic carbocycles. The Morgan fingerprint density at radius 3 is 2.51 bits per heavy atom. The van der Waals surface area contributed by atoms with Gasteiger partial charge in [0.15, 0.2) is 23.7 Å². The lowest BCUT2D eigenvalue weighted by Gasteiger charge is -2.37. The number of hydrogen-bond acceptors (Lipinski definition) is 9. The van der Waals surface area contributed by atoms with Gasteiger partial charge in [-0.2, -0.15) is 4.72 Å². The summed E-state index contributed by atoms with van der Waals surface area (Å²) in [5.41, 5.74) is 2.81. The van der Waals surface area contributed by atoms with Crippen LogP contribution in [0.4, 0.5) is 30.2 Å². The summed E-state index contributed by atoms with van der Waals surface area (Å²) in [6.07, 6.45) is 3.76. The molecule has 10 nitrogen and oxygen atoms in total. The van der Waals surface area contributed by atoms with Gasteiger partial charge in [-0.3, -0.25) is 4.79 Å². The van der Waals surface area contributed by atoms with Crippen molar-refractivity contribution in [2.75, 3.05) is 62.4 Å².